The summed E-state index contributed by atoms with van der Waals surface area (Å²) < 4.78 is 0. The monoisotopic (exact) mass is 267 g/mol. The number of nitrogens with zero attached hydrogens (tertiary/aromatic N) is 2. The van der Waals surface area contributed by atoms with E-state index < -0.39 is 0 Å². The molecule has 0 radical (unpaired) electrons. The van der Waals surface area contributed by atoms with Crippen molar-refractivity contribution in [1.82, 2.24) is 4.98 Å². The van der Waals surface area contributed by atoms with Gasteiger partial charge >= 0.3 is 0 Å². The van der Waals surface area contributed by atoms with Crippen LogP contribution in [0.2, 0.25) is 0 Å². The Morgan fingerprint density at radius 3 is 2.78 bits per heavy atom. The Morgan fingerprint density at radius 2 is 2.17 bits per heavy atom. The topological polar surface area (TPSA) is 42.2 Å². The van der Waals surface area contributed by atoms with Crippen LogP contribution in [-0.4, -0.2) is 18.1 Å². The lowest BCUT2D eigenvalue weighted by Gasteiger charge is -2.35. The summed E-state index contributed by atoms with van der Waals surface area (Å²) in [4.78, 5) is 8.55. The van der Waals surface area contributed by atoms with E-state index in [1.54, 1.807) is 11.3 Å². The van der Waals surface area contributed by atoms with E-state index >= 15 is 0 Å². The number of nitrogens with two attached hydrogens (primary N) is 1. The van der Waals surface area contributed by atoms with Gasteiger partial charge in [-0.2, -0.15) is 0 Å². The minimum atomic E-state index is 0.632. The van der Waals surface area contributed by atoms with E-state index in [1.165, 1.54) is 22.1 Å². The third-order valence-corrected chi connectivity index (χ3v) is 5.22. The molecule has 0 aromatic carbocycles. The molecule has 2 unspecified atom stereocenters. The summed E-state index contributed by atoms with van der Waals surface area (Å²) in [6.07, 6.45) is 3.48. The molecule has 2 heterocycles. The predicted molar refractivity (Wildman–Crippen MR) is 79.2 cm³/mol. The van der Waals surface area contributed by atoms with Gasteiger partial charge < -0.3 is 10.6 Å². The predicted octanol–water partition coefficient (Wildman–Crippen LogP) is 3.04. The largest absolute Gasteiger partial charge is 0.348 e. The maximum atomic E-state index is 5.83. The van der Waals surface area contributed by atoms with Crippen LogP contribution >= 0.6 is 11.3 Å². The van der Waals surface area contributed by atoms with Crippen molar-refractivity contribution >= 4 is 16.5 Å². The maximum Gasteiger partial charge on any atom is 0.185 e. The Hall–Kier alpha value is -0.610. The molecular weight excluding hydrogens is 242 g/mol. The Bertz CT molecular complexity index is 388. The highest BCUT2D eigenvalue weighted by Crippen LogP contribution is 2.32. The zero-order chi connectivity index (χ0) is 13.1. The summed E-state index contributed by atoms with van der Waals surface area (Å²) in [5.41, 5.74) is 7.05. The second kappa shape index (κ2) is 6.02. The third-order valence-electron chi connectivity index (χ3n) is 4.04. The number of hydrogen-bond donors (Lipinski definition) is 1. The van der Waals surface area contributed by atoms with Gasteiger partial charge in [0.05, 0.1) is 5.69 Å². The molecule has 1 aliphatic rings. The summed E-state index contributed by atoms with van der Waals surface area (Å²) >= 11 is 1.80. The Kier molecular flexibility index (Phi) is 4.62. The molecule has 4 heteroatoms. The number of aryl methyl sites for hydroxylation is 1. The van der Waals surface area contributed by atoms with Crippen LogP contribution in [0.4, 0.5) is 5.13 Å². The second-order valence-electron chi connectivity index (χ2n) is 5.51. The molecule has 0 saturated carbocycles. The molecule has 1 aliphatic heterocycles. The average molecular weight is 267 g/mol. The van der Waals surface area contributed by atoms with Gasteiger partial charge in [0.15, 0.2) is 5.13 Å². The minimum Gasteiger partial charge on any atom is -0.348 e. The summed E-state index contributed by atoms with van der Waals surface area (Å²) in [6, 6.07) is 0. The quantitative estimate of drug-likeness (QED) is 0.911. The Labute approximate surface area is 114 Å². The van der Waals surface area contributed by atoms with E-state index in [2.05, 4.69) is 25.7 Å². The molecule has 1 aromatic heterocycles. The SMILES string of the molecule is CCCc1nc(N2CCC(C)C(C)C2)sc1CN. The fraction of sp³-hybridized carbons (Fsp3) is 0.786. The van der Waals surface area contributed by atoms with Crippen LogP contribution in [0.15, 0.2) is 0 Å². The molecule has 3 nitrogen and oxygen atoms in total. The van der Waals surface area contributed by atoms with Gasteiger partial charge in [0.25, 0.3) is 0 Å². The van der Waals surface area contributed by atoms with Crippen molar-refractivity contribution in [1.29, 1.82) is 0 Å². The van der Waals surface area contributed by atoms with Crippen LogP contribution in [0.25, 0.3) is 0 Å². The highest BCUT2D eigenvalue weighted by atomic mass is 32.1. The normalized spacial score (nSPS) is 24.6. The molecule has 2 N–H and O–H groups in total. The van der Waals surface area contributed by atoms with Gasteiger partial charge in [0, 0.05) is 24.5 Å². The van der Waals surface area contributed by atoms with E-state index in [0.717, 1.165) is 37.8 Å². The van der Waals surface area contributed by atoms with Crippen molar-refractivity contribution in [3.05, 3.63) is 10.6 Å². The summed E-state index contributed by atoms with van der Waals surface area (Å²) in [5, 5.41) is 1.19. The van der Waals surface area contributed by atoms with Gasteiger partial charge in [-0.05, 0) is 24.7 Å². The highest BCUT2D eigenvalue weighted by Gasteiger charge is 2.25. The van der Waals surface area contributed by atoms with E-state index in [9.17, 15) is 0 Å². The lowest BCUT2D eigenvalue weighted by atomic mass is 9.89. The first-order chi connectivity index (χ1) is 8.65. The number of aromatic nitrogens is 1. The van der Waals surface area contributed by atoms with Crippen LogP contribution < -0.4 is 10.6 Å². The fourth-order valence-electron chi connectivity index (χ4n) is 2.53. The number of hydrogen-bond acceptors (Lipinski definition) is 4. The van der Waals surface area contributed by atoms with Gasteiger partial charge in [0.2, 0.25) is 0 Å². The van der Waals surface area contributed by atoms with Crippen LogP contribution in [0.3, 0.4) is 0 Å². The van der Waals surface area contributed by atoms with E-state index in [0.29, 0.717) is 6.54 Å². The summed E-state index contributed by atoms with van der Waals surface area (Å²) in [5.74, 6) is 1.60. The number of rotatable bonds is 4. The van der Waals surface area contributed by atoms with Crippen LogP contribution in [0.1, 0.15) is 44.2 Å². The molecule has 1 aromatic rings. The Morgan fingerprint density at radius 1 is 1.39 bits per heavy atom. The van der Waals surface area contributed by atoms with Crippen molar-refractivity contribution in [2.24, 2.45) is 17.6 Å². The molecule has 2 rings (SSSR count). The minimum absolute atomic E-state index is 0.632. The molecule has 102 valence electrons. The summed E-state index contributed by atoms with van der Waals surface area (Å²) in [7, 11) is 0. The molecular formula is C14H25N3S. The van der Waals surface area contributed by atoms with Crippen LogP contribution in [-0.2, 0) is 13.0 Å². The van der Waals surface area contributed by atoms with Crippen molar-refractivity contribution in [3.8, 4) is 0 Å². The van der Waals surface area contributed by atoms with Crippen LogP contribution in [0, 0.1) is 11.8 Å². The van der Waals surface area contributed by atoms with E-state index in [1.807, 2.05) is 0 Å². The molecule has 0 spiro atoms. The number of piperidine rings is 1. The zero-order valence-corrected chi connectivity index (χ0v) is 12.6. The van der Waals surface area contributed by atoms with Crippen molar-refractivity contribution in [3.63, 3.8) is 0 Å². The van der Waals surface area contributed by atoms with Gasteiger partial charge in [-0.3, -0.25) is 0 Å². The van der Waals surface area contributed by atoms with Crippen molar-refractivity contribution < 1.29 is 0 Å². The first-order valence-electron chi connectivity index (χ1n) is 7.09. The average Bonchev–Trinajstić information content (AvgIpc) is 2.76. The molecule has 0 aliphatic carbocycles. The van der Waals surface area contributed by atoms with Gasteiger partial charge in [-0.1, -0.05) is 27.2 Å². The standard InChI is InChI=1S/C14H25N3S/c1-4-5-12-13(8-15)18-14(16-12)17-7-6-10(2)11(3)9-17/h10-11H,4-9,15H2,1-3H3. The second-order valence-corrected chi connectivity index (χ2v) is 6.57. The van der Waals surface area contributed by atoms with Crippen LogP contribution in [0.5, 0.6) is 0 Å². The Balaban J connectivity index is 2.13. The van der Waals surface area contributed by atoms with Crippen molar-refractivity contribution in [2.75, 3.05) is 18.0 Å². The zero-order valence-electron chi connectivity index (χ0n) is 11.8. The molecule has 0 bridgehead atoms. The van der Waals surface area contributed by atoms with Crippen molar-refractivity contribution in [2.45, 2.75) is 46.6 Å². The molecule has 18 heavy (non-hydrogen) atoms. The number of thiazole rings is 1. The molecule has 1 fully saturated rings. The highest BCUT2D eigenvalue weighted by molar-refractivity contribution is 7.15. The van der Waals surface area contributed by atoms with E-state index in [-0.39, 0.29) is 0 Å². The maximum absolute atomic E-state index is 5.83. The first kappa shape index (κ1) is 13.8. The first-order valence-corrected chi connectivity index (χ1v) is 7.91. The molecule has 2 atom stereocenters. The fourth-order valence-corrected chi connectivity index (χ4v) is 3.55. The number of anilines is 1. The van der Waals surface area contributed by atoms with E-state index in [4.69, 9.17) is 10.7 Å². The van der Waals surface area contributed by atoms with Gasteiger partial charge in [-0.25, -0.2) is 4.98 Å². The van der Waals surface area contributed by atoms with Gasteiger partial charge in [0.1, 0.15) is 0 Å². The lowest BCUT2D eigenvalue weighted by molar-refractivity contribution is 0.323. The van der Waals surface area contributed by atoms with Gasteiger partial charge in [-0.15, -0.1) is 11.3 Å². The third kappa shape index (κ3) is 2.86. The summed E-state index contributed by atoms with van der Waals surface area (Å²) in [6.45, 7) is 9.83. The lowest BCUT2D eigenvalue weighted by Crippen LogP contribution is -2.38. The molecule has 0 amide bonds. The molecule has 1 saturated heterocycles. The smallest absolute Gasteiger partial charge is 0.185 e.